The minimum absolute atomic E-state index is 0.00885. The minimum Gasteiger partial charge on any atom is -0.490 e. The molecule has 0 unspecified atom stereocenters. The molecule has 0 saturated carbocycles. The Balaban J connectivity index is 2.15. The van der Waals surface area contributed by atoms with Gasteiger partial charge in [-0.3, -0.25) is 0 Å². The zero-order chi connectivity index (χ0) is 22.6. The average Bonchev–Trinajstić information content (AvgIpc) is 2.74. The lowest BCUT2D eigenvalue weighted by atomic mass is 10.1. The van der Waals surface area contributed by atoms with E-state index in [4.69, 9.17) is 14.2 Å². The first-order chi connectivity index (χ1) is 15.0. The predicted octanol–water partition coefficient (Wildman–Crippen LogP) is 4.23. The van der Waals surface area contributed by atoms with E-state index in [1.165, 1.54) is 13.2 Å². The van der Waals surface area contributed by atoms with Gasteiger partial charge in [0.2, 0.25) is 0 Å². The lowest BCUT2D eigenvalue weighted by Crippen LogP contribution is -2.37. The van der Waals surface area contributed by atoms with Crippen LogP contribution >= 0.6 is 0 Å². The molecule has 2 rings (SSSR count). The first-order valence-electron chi connectivity index (χ1n) is 9.96. The van der Waals surface area contributed by atoms with E-state index in [-0.39, 0.29) is 30.5 Å². The van der Waals surface area contributed by atoms with Gasteiger partial charge in [-0.2, -0.15) is 8.78 Å². The molecule has 0 fully saturated rings. The Hall–Kier alpha value is -2.94. The van der Waals surface area contributed by atoms with E-state index >= 15 is 0 Å². The van der Waals surface area contributed by atoms with Crippen LogP contribution in [0.5, 0.6) is 11.5 Å². The Labute approximate surface area is 180 Å². The Morgan fingerprint density at radius 1 is 1.10 bits per heavy atom. The van der Waals surface area contributed by atoms with E-state index < -0.39 is 6.61 Å². The molecule has 0 aromatic heterocycles. The molecule has 0 aliphatic rings. The summed E-state index contributed by atoms with van der Waals surface area (Å²) < 4.78 is 54.7. The largest absolute Gasteiger partial charge is 0.490 e. The van der Waals surface area contributed by atoms with Crippen molar-refractivity contribution in [3.8, 4) is 11.5 Å². The molecule has 0 aliphatic heterocycles. The molecule has 0 heterocycles. The Morgan fingerprint density at radius 2 is 1.90 bits per heavy atom. The number of para-hydroxylation sites is 1. The van der Waals surface area contributed by atoms with Crippen molar-refractivity contribution < 1.29 is 27.4 Å². The number of ether oxygens (including phenoxy) is 3. The number of guanidine groups is 1. The molecular formula is C22H28F3N3O3. The quantitative estimate of drug-likeness (QED) is 0.405. The third kappa shape index (κ3) is 7.67. The molecule has 0 saturated heterocycles. The molecule has 170 valence electrons. The van der Waals surface area contributed by atoms with Crippen LogP contribution in [0, 0.1) is 5.82 Å². The summed E-state index contributed by atoms with van der Waals surface area (Å²) in [5, 5.41) is 6.20. The number of hydrogen-bond donors (Lipinski definition) is 2. The van der Waals surface area contributed by atoms with Gasteiger partial charge in [-0.05, 0) is 37.6 Å². The van der Waals surface area contributed by atoms with Crippen molar-refractivity contribution in [3.63, 3.8) is 0 Å². The third-order valence-corrected chi connectivity index (χ3v) is 4.19. The van der Waals surface area contributed by atoms with E-state index in [2.05, 4.69) is 15.6 Å². The van der Waals surface area contributed by atoms with Crippen molar-refractivity contribution in [3.05, 3.63) is 58.9 Å². The van der Waals surface area contributed by atoms with Gasteiger partial charge in [0.1, 0.15) is 5.82 Å². The zero-order valence-electron chi connectivity index (χ0n) is 17.9. The van der Waals surface area contributed by atoms with Gasteiger partial charge in [0.15, 0.2) is 17.5 Å². The molecule has 0 aliphatic carbocycles. The number of benzene rings is 2. The summed E-state index contributed by atoms with van der Waals surface area (Å²) in [5.41, 5.74) is 1.77. The monoisotopic (exact) mass is 439 g/mol. The summed E-state index contributed by atoms with van der Waals surface area (Å²) >= 11 is 0. The summed E-state index contributed by atoms with van der Waals surface area (Å²) in [6.07, 6.45) is 0. The van der Waals surface area contributed by atoms with E-state index in [1.807, 2.05) is 6.92 Å². The summed E-state index contributed by atoms with van der Waals surface area (Å²) in [5.74, 6) is 0.386. The SMILES string of the molecule is CCNC(=NCc1ccc(F)c(COC)c1)NCc1cccc(OCC)c1OC(F)F. The van der Waals surface area contributed by atoms with Crippen molar-refractivity contribution in [1.29, 1.82) is 0 Å². The van der Waals surface area contributed by atoms with Crippen LogP contribution in [0.1, 0.15) is 30.5 Å². The van der Waals surface area contributed by atoms with Crippen molar-refractivity contribution in [1.82, 2.24) is 10.6 Å². The van der Waals surface area contributed by atoms with Gasteiger partial charge >= 0.3 is 6.61 Å². The molecule has 0 spiro atoms. The number of hydrogen-bond acceptors (Lipinski definition) is 4. The number of rotatable bonds is 11. The Kier molecular flexibility index (Phi) is 9.96. The van der Waals surface area contributed by atoms with Crippen LogP contribution in [-0.2, 0) is 24.4 Å². The molecule has 6 nitrogen and oxygen atoms in total. The van der Waals surface area contributed by atoms with Gasteiger partial charge in [0.25, 0.3) is 0 Å². The maximum absolute atomic E-state index is 13.8. The van der Waals surface area contributed by atoms with Crippen LogP contribution in [-0.4, -0.2) is 32.8 Å². The van der Waals surface area contributed by atoms with Crippen LogP contribution in [0.3, 0.4) is 0 Å². The van der Waals surface area contributed by atoms with E-state index in [1.54, 1.807) is 37.3 Å². The van der Waals surface area contributed by atoms with Crippen molar-refractivity contribution in [2.75, 3.05) is 20.3 Å². The highest BCUT2D eigenvalue weighted by Crippen LogP contribution is 2.32. The molecule has 2 aromatic rings. The highest BCUT2D eigenvalue weighted by molar-refractivity contribution is 5.79. The first-order valence-corrected chi connectivity index (χ1v) is 9.96. The number of alkyl halides is 2. The van der Waals surface area contributed by atoms with Crippen LogP contribution in [0.4, 0.5) is 13.2 Å². The van der Waals surface area contributed by atoms with Gasteiger partial charge in [-0.1, -0.05) is 18.2 Å². The minimum atomic E-state index is -2.97. The van der Waals surface area contributed by atoms with E-state index in [0.717, 1.165) is 5.56 Å². The highest BCUT2D eigenvalue weighted by Gasteiger charge is 2.16. The van der Waals surface area contributed by atoms with Gasteiger partial charge < -0.3 is 24.8 Å². The fourth-order valence-electron chi connectivity index (χ4n) is 2.88. The number of halogens is 3. The highest BCUT2D eigenvalue weighted by atomic mass is 19.3. The molecule has 0 atom stereocenters. The first kappa shape index (κ1) is 24.3. The second-order valence-corrected chi connectivity index (χ2v) is 6.46. The molecular weight excluding hydrogens is 411 g/mol. The van der Waals surface area contributed by atoms with E-state index in [0.29, 0.717) is 36.8 Å². The maximum Gasteiger partial charge on any atom is 0.387 e. The molecule has 31 heavy (non-hydrogen) atoms. The van der Waals surface area contributed by atoms with Gasteiger partial charge in [0, 0.05) is 31.3 Å². The standard InChI is InChI=1S/C22H28F3N3O3/c1-4-26-22(27-12-15-9-10-18(23)17(11-15)14-29-3)28-13-16-7-6-8-19(30-5-2)20(16)31-21(24)25/h6-11,21H,4-5,12-14H2,1-3H3,(H2,26,27,28). The fraction of sp³-hybridized carbons (Fsp3) is 0.409. The van der Waals surface area contributed by atoms with Gasteiger partial charge in [0.05, 0.1) is 19.8 Å². The Morgan fingerprint density at radius 3 is 2.58 bits per heavy atom. The molecule has 9 heteroatoms. The van der Waals surface area contributed by atoms with Gasteiger partial charge in [-0.15, -0.1) is 0 Å². The van der Waals surface area contributed by atoms with E-state index in [9.17, 15) is 13.2 Å². The number of methoxy groups -OCH3 is 1. The third-order valence-electron chi connectivity index (χ3n) is 4.19. The van der Waals surface area contributed by atoms with Crippen LogP contribution < -0.4 is 20.1 Å². The number of aliphatic imine (C=N–C) groups is 1. The molecule has 2 N–H and O–H groups in total. The fourth-order valence-corrected chi connectivity index (χ4v) is 2.88. The average molecular weight is 439 g/mol. The smallest absolute Gasteiger partial charge is 0.387 e. The maximum atomic E-state index is 13.8. The number of nitrogens with zero attached hydrogens (tertiary/aromatic N) is 1. The van der Waals surface area contributed by atoms with Crippen LogP contribution in [0.15, 0.2) is 41.4 Å². The topological polar surface area (TPSA) is 64.1 Å². The lowest BCUT2D eigenvalue weighted by molar-refractivity contribution is -0.0520. The molecule has 0 amide bonds. The summed E-state index contributed by atoms with van der Waals surface area (Å²) in [7, 11) is 1.50. The number of nitrogens with one attached hydrogen (secondary N) is 2. The Bertz CT molecular complexity index is 863. The van der Waals surface area contributed by atoms with Crippen molar-refractivity contribution in [2.24, 2.45) is 4.99 Å². The summed E-state index contributed by atoms with van der Waals surface area (Å²) in [6.45, 7) is 2.28. The lowest BCUT2D eigenvalue weighted by Gasteiger charge is -2.17. The van der Waals surface area contributed by atoms with Crippen molar-refractivity contribution >= 4 is 5.96 Å². The van der Waals surface area contributed by atoms with Crippen LogP contribution in [0.25, 0.3) is 0 Å². The summed E-state index contributed by atoms with van der Waals surface area (Å²) in [6, 6.07) is 9.70. The molecule has 0 bridgehead atoms. The molecule has 2 aromatic carbocycles. The predicted molar refractivity (Wildman–Crippen MR) is 113 cm³/mol. The normalized spacial score (nSPS) is 11.5. The van der Waals surface area contributed by atoms with Crippen molar-refractivity contribution in [2.45, 2.75) is 40.2 Å². The summed E-state index contributed by atoms with van der Waals surface area (Å²) in [4.78, 5) is 4.49. The second-order valence-electron chi connectivity index (χ2n) is 6.46. The molecule has 0 radical (unpaired) electrons. The zero-order valence-corrected chi connectivity index (χ0v) is 17.9. The van der Waals surface area contributed by atoms with Gasteiger partial charge in [-0.25, -0.2) is 9.38 Å². The van der Waals surface area contributed by atoms with Crippen LogP contribution in [0.2, 0.25) is 0 Å². The second kappa shape index (κ2) is 12.7.